The predicted octanol–water partition coefficient (Wildman–Crippen LogP) is 2.91. The Balaban J connectivity index is 0. The summed E-state index contributed by atoms with van der Waals surface area (Å²) in [5, 5.41) is 0. The maximum atomic E-state index is 4.46. The van der Waals surface area contributed by atoms with Crippen LogP contribution in [0.4, 0.5) is 0 Å². The molecule has 0 amide bonds. The van der Waals surface area contributed by atoms with Crippen LogP contribution in [0.1, 0.15) is 13.3 Å². The standard InChI is InChI=1S/C4H3O.C3H7I.Au/c1-2-4-5-3-1;1-2-3-4;/h1-3H;2-3H2,1H3;/q-1;;+1. The molecule has 0 radical (unpaired) electrons. The van der Waals surface area contributed by atoms with Gasteiger partial charge in [-0.2, -0.15) is 6.07 Å². The van der Waals surface area contributed by atoms with Crippen molar-refractivity contribution in [1.82, 2.24) is 0 Å². The smallest absolute Gasteiger partial charge is 0.599 e. The van der Waals surface area contributed by atoms with Gasteiger partial charge in [-0.1, -0.05) is 35.8 Å². The maximum absolute atomic E-state index is 4.46. The molecule has 62 valence electrons. The Morgan fingerprint density at radius 3 is 2.30 bits per heavy atom. The third kappa shape index (κ3) is 11.5. The van der Waals surface area contributed by atoms with E-state index in [-0.39, 0.29) is 22.4 Å². The van der Waals surface area contributed by atoms with Gasteiger partial charge in [0.05, 0.1) is 0 Å². The summed E-state index contributed by atoms with van der Waals surface area (Å²) in [4.78, 5) is 0. The van der Waals surface area contributed by atoms with E-state index in [1.807, 2.05) is 0 Å². The Morgan fingerprint density at radius 1 is 1.60 bits per heavy atom. The van der Waals surface area contributed by atoms with Crippen molar-refractivity contribution in [3.8, 4) is 0 Å². The molecule has 0 fully saturated rings. The van der Waals surface area contributed by atoms with Crippen molar-refractivity contribution in [2.24, 2.45) is 0 Å². The van der Waals surface area contributed by atoms with Crippen LogP contribution in [0.15, 0.2) is 22.8 Å². The Morgan fingerprint density at radius 2 is 2.20 bits per heavy atom. The molecule has 1 aromatic heterocycles. The first-order valence-corrected chi connectivity index (χ1v) is 4.40. The zero-order valence-corrected chi connectivity index (χ0v) is 10.1. The van der Waals surface area contributed by atoms with Crippen LogP contribution in [0, 0.1) is 6.26 Å². The van der Waals surface area contributed by atoms with Crippen LogP contribution in [-0.4, -0.2) is 4.43 Å². The van der Waals surface area contributed by atoms with Gasteiger partial charge in [0, 0.05) is 0 Å². The normalized spacial score (nSPS) is 7.00. The third-order valence-corrected chi connectivity index (χ3v) is 1.65. The first-order chi connectivity index (χ1) is 4.41. The van der Waals surface area contributed by atoms with Gasteiger partial charge in [0.25, 0.3) is 0 Å². The Bertz CT molecular complexity index is 89.1. The average Bonchev–Trinajstić information content (AvgIpc) is 2.43. The monoisotopic (exact) mass is 434 g/mol. The number of hydrogen-bond acceptors (Lipinski definition) is 1. The Hall–Kier alpha value is 0.750. The van der Waals surface area contributed by atoms with E-state index in [1.54, 1.807) is 18.4 Å². The molecule has 0 saturated carbocycles. The molecule has 10 heavy (non-hydrogen) atoms. The topological polar surface area (TPSA) is 13.1 Å². The van der Waals surface area contributed by atoms with E-state index < -0.39 is 0 Å². The molecule has 0 atom stereocenters. The van der Waals surface area contributed by atoms with Crippen molar-refractivity contribution in [1.29, 1.82) is 0 Å². The number of halogens is 1. The molecule has 1 nitrogen and oxygen atoms in total. The van der Waals surface area contributed by atoms with Crippen molar-refractivity contribution in [2.45, 2.75) is 13.3 Å². The van der Waals surface area contributed by atoms with Gasteiger partial charge < -0.3 is 4.42 Å². The molecular formula is C7H10AuIO. The van der Waals surface area contributed by atoms with Crippen LogP contribution in [0.25, 0.3) is 0 Å². The van der Waals surface area contributed by atoms with Crippen molar-refractivity contribution in [3.63, 3.8) is 0 Å². The van der Waals surface area contributed by atoms with Gasteiger partial charge in [-0.25, -0.2) is 0 Å². The zero-order chi connectivity index (χ0) is 6.95. The molecule has 1 rings (SSSR count). The fourth-order valence-corrected chi connectivity index (χ4v) is 0.196. The van der Waals surface area contributed by atoms with E-state index in [0.29, 0.717) is 0 Å². The molecule has 0 aromatic carbocycles. The summed E-state index contributed by atoms with van der Waals surface area (Å²) >= 11 is 2.35. The van der Waals surface area contributed by atoms with Crippen molar-refractivity contribution in [3.05, 3.63) is 24.7 Å². The number of rotatable bonds is 1. The maximum Gasteiger partial charge on any atom is 1.00 e. The van der Waals surface area contributed by atoms with Gasteiger partial charge in [0.15, 0.2) is 0 Å². The third-order valence-electron chi connectivity index (χ3n) is 0.568. The molecule has 3 heteroatoms. The van der Waals surface area contributed by atoms with Crippen molar-refractivity contribution < 1.29 is 26.8 Å². The molecule has 0 unspecified atom stereocenters. The second-order valence-corrected chi connectivity index (χ2v) is 2.50. The van der Waals surface area contributed by atoms with Gasteiger partial charge in [-0.15, -0.1) is 6.07 Å². The van der Waals surface area contributed by atoms with E-state index in [0.717, 1.165) is 0 Å². The molecule has 0 N–H and O–H groups in total. The molecule has 0 aliphatic carbocycles. The van der Waals surface area contributed by atoms with E-state index in [1.165, 1.54) is 10.8 Å². The minimum Gasteiger partial charge on any atom is -0.599 e. The molecule has 1 heterocycles. The average molecular weight is 434 g/mol. The minimum atomic E-state index is 0. The number of alkyl halides is 1. The minimum absolute atomic E-state index is 0. The fraction of sp³-hybridized carbons (Fsp3) is 0.429. The van der Waals surface area contributed by atoms with Gasteiger partial charge >= 0.3 is 22.4 Å². The predicted molar refractivity (Wildman–Crippen MR) is 46.7 cm³/mol. The number of furan rings is 1. The summed E-state index contributed by atoms with van der Waals surface area (Å²) < 4.78 is 5.75. The van der Waals surface area contributed by atoms with Gasteiger partial charge in [-0.3, -0.25) is 0 Å². The molecule has 0 aliphatic heterocycles. The van der Waals surface area contributed by atoms with Crippen LogP contribution < -0.4 is 0 Å². The molecule has 0 bridgehead atoms. The van der Waals surface area contributed by atoms with Crippen LogP contribution in [0.2, 0.25) is 0 Å². The van der Waals surface area contributed by atoms with Gasteiger partial charge in [0.2, 0.25) is 0 Å². The largest absolute Gasteiger partial charge is 1.00 e. The van der Waals surface area contributed by atoms with Crippen LogP contribution in [-0.2, 0) is 22.4 Å². The number of hydrogen-bond donors (Lipinski definition) is 0. The van der Waals surface area contributed by atoms with Crippen molar-refractivity contribution >= 4 is 22.6 Å². The van der Waals surface area contributed by atoms with Crippen LogP contribution in [0.3, 0.4) is 0 Å². The van der Waals surface area contributed by atoms with E-state index in [2.05, 4.69) is 40.2 Å². The molecule has 0 aliphatic rings. The fourth-order valence-electron chi connectivity index (χ4n) is 0.196. The summed E-state index contributed by atoms with van der Waals surface area (Å²) in [5.41, 5.74) is 0. The first kappa shape index (κ1) is 13.3. The van der Waals surface area contributed by atoms with E-state index in [9.17, 15) is 0 Å². The second kappa shape index (κ2) is 12.4. The quantitative estimate of drug-likeness (QED) is 0.287. The van der Waals surface area contributed by atoms with Crippen LogP contribution >= 0.6 is 22.6 Å². The zero-order valence-electron chi connectivity index (χ0n) is 5.73. The summed E-state index contributed by atoms with van der Waals surface area (Å²) in [5.74, 6) is 0. The van der Waals surface area contributed by atoms with Crippen molar-refractivity contribution in [2.75, 3.05) is 4.43 Å². The molecular weight excluding hydrogens is 424 g/mol. The molecule has 0 spiro atoms. The summed E-state index contributed by atoms with van der Waals surface area (Å²) in [6.45, 7) is 2.17. The Kier molecular flexibility index (Phi) is 16.6. The summed E-state index contributed by atoms with van der Waals surface area (Å²) in [7, 11) is 0. The SMILES string of the molecule is CCCI.[Au+].[c-]1ccco1. The first-order valence-electron chi connectivity index (χ1n) is 2.87. The van der Waals surface area contributed by atoms with E-state index >= 15 is 0 Å². The summed E-state index contributed by atoms with van der Waals surface area (Å²) in [6.07, 6.45) is 5.36. The van der Waals surface area contributed by atoms with E-state index in [4.69, 9.17) is 0 Å². The molecule has 1 aromatic rings. The Labute approximate surface area is 91.2 Å². The van der Waals surface area contributed by atoms with Crippen LogP contribution in [0.5, 0.6) is 0 Å². The van der Waals surface area contributed by atoms with Gasteiger partial charge in [0.1, 0.15) is 0 Å². The van der Waals surface area contributed by atoms with Gasteiger partial charge in [-0.05, 0) is 17.1 Å². The summed E-state index contributed by atoms with van der Waals surface area (Å²) in [6, 6.07) is 3.49. The molecule has 0 saturated heterocycles. The second-order valence-electron chi connectivity index (χ2n) is 1.42.